The van der Waals surface area contributed by atoms with Crippen LogP contribution in [0, 0.1) is 20.8 Å². The molecule has 2 atom stereocenters. The molecule has 2 heterocycles. The third-order valence-corrected chi connectivity index (χ3v) is 6.76. The lowest BCUT2D eigenvalue weighted by atomic mass is 9.79. The first kappa shape index (κ1) is 20.0. The summed E-state index contributed by atoms with van der Waals surface area (Å²) in [6, 6.07) is 24.6. The second kappa shape index (κ2) is 7.63. The van der Waals surface area contributed by atoms with Gasteiger partial charge in [-0.05, 0) is 49.4 Å². The molecule has 0 bridgehead atoms. The summed E-state index contributed by atoms with van der Waals surface area (Å²) in [6.45, 7) is 6.46. The van der Waals surface area contributed by atoms with Crippen LogP contribution < -0.4 is 10.4 Å². The van der Waals surface area contributed by atoms with E-state index in [1.54, 1.807) is 0 Å². The van der Waals surface area contributed by atoms with Crippen LogP contribution in [-0.2, 0) is 5.60 Å². The maximum Gasteiger partial charge on any atom is 0.259 e. The Morgan fingerprint density at radius 1 is 0.871 bits per heavy atom. The summed E-state index contributed by atoms with van der Waals surface area (Å²) in [5.41, 5.74) is 9.41. The van der Waals surface area contributed by atoms with Gasteiger partial charge in [-0.25, -0.2) is 4.58 Å². The van der Waals surface area contributed by atoms with Crippen molar-refractivity contribution in [1.82, 2.24) is 5.43 Å². The fraction of sp³-hybridized carbons (Fsp3) is 0.296. The van der Waals surface area contributed by atoms with Crippen LogP contribution in [0.3, 0.4) is 0 Å². The number of benzene rings is 3. The predicted molar refractivity (Wildman–Crippen MR) is 125 cm³/mol. The molecule has 2 aliphatic heterocycles. The van der Waals surface area contributed by atoms with Gasteiger partial charge in [0.15, 0.2) is 17.5 Å². The highest BCUT2D eigenvalue weighted by Crippen LogP contribution is 2.41. The van der Waals surface area contributed by atoms with Gasteiger partial charge >= 0.3 is 0 Å². The summed E-state index contributed by atoms with van der Waals surface area (Å²) >= 11 is 0. The average molecular weight is 413 g/mol. The van der Waals surface area contributed by atoms with Crippen LogP contribution in [0.1, 0.15) is 40.7 Å². The Kier molecular flexibility index (Phi) is 4.92. The second-order valence-electron chi connectivity index (χ2n) is 8.92. The third kappa shape index (κ3) is 3.27. The van der Waals surface area contributed by atoms with Crippen LogP contribution in [0.15, 0.2) is 72.8 Å². The van der Waals surface area contributed by atoms with E-state index in [2.05, 4.69) is 54.3 Å². The highest BCUT2D eigenvalue weighted by Gasteiger charge is 2.53. The number of aliphatic hydroxyl groups is 1. The van der Waals surface area contributed by atoms with Crippen molar-refractivity contribution in [2.75, 3.05) is 5.01 Å². The van der Waals surface area contributed by atoms with Crippen molar-refractivity contribution in [2.24, 2.45) is 0 Å². The van der Waals surface area contributed by atoms with Gasteiger partial charge in [0.1, 0.15) is 6.04 Å². The number of nitrogens with one attached hydrogen (secondary N) is 1. The first-order chi connectivity index (χ1) is 15.0. The standard InChI is InChI=1S/C27H30N3O/c1-19-16-20(2)26(21(3)17-19)30-18-29-24(14-15-25(29)28-30)27(31,22-10-6-4-7-11-22)23-12-8-5-9-13-23/h4-13,16-18,24-25,28,31H,14-15H2,1-3H3/q+1. The highest BCUT2D eigenvalue weighted by atomic mass is 16.3. The molecule has 0 spiro atoms. The SMILES string of the molecule is Cc1cc(C)c(N2C=[N+]3C(CCC3C(O)(c3ccccc3)c3ccccc3)N2)c(C)c1. The molecule has 3 aromatic rings. The molecule has 4 nitrogen and oxygen atoms in total. The molecule has 31 heavy (non-hydrogen) atoms. The summed E-state index contributed by atoms with van der Waals surface area (Å²) < 4.78 is 2.32. The van der Waals surface area contributed by atoms with Crippen molar-refractivity contribution in [3.05, 3.63) is 101 Å². The van der Waals surface area contributed by atoms with Crippen LogP contribution in [0.5, 0.6) is 0 Å². The lowest BCUT2D eigenvalue weighted by molar-refractivity contribution is -0.588. The van der Waals surface area contributed by atoms with E-state index in [4.69, 9.17) is 0 Å². The zero-order chi connectivity index (χ0) is 21.6. The number of fused-ring (bicyclic) bond motifs is 1. The minimum absolute atomic E-state index is 0.0640. The molecule has 0 aromatic heterocycles. The Morgan fingerprint density at radius 3 is 1.97 bits per heavy atom. The molecule has 0 radical (unpaired) electrons. The summed E-state index contributed by atoms with van der Waals surface area (Å²) in [6.07, 6.45) is 4.21. The minimum Gasteiger partial charge on any atom is -0.376 e. The van der Waals surface area contributed by atoms with Gasteiger partial charge in [-0.15, -0.1) is 10.4 Å². The van der Waals surface area contributed by atoms with Crippen LogP contribution >= 0.6 is 0 Å². The lowest BCUT2D eigenvalue weighted by Crippen LogP contribution is -2.46. The molecule has 2 unspecified atom stereocenters. The molecule has 1 fully saturated rings. The molecule has 4 heteroatoms. The predicted octanol–water partition coefficient (Wildman–Crippen LogP) is 4.40. The van der Waals surface area contributed by atoms with Crippen molar-refractivity contribution < 1.29 is 9.68 Å². The van der Waals surface area contributed by atoms with Crippen molar-refractivity contribution in [3.8, 4) is 0 Å². The maximum absolute atomic E-state index is 12.3. The number of hydrogen-bond donors (Lipinski definition) is 2. The van der Waals surface area contributed by atoms with Gasteiger partial charge < -0.3 is 5.11 Å². The minimum atomic E-state index is -1.09. The fourth-order valence-corrected chi connectivity index (χ4v) is 5.49. The van der Waals surface area contributed by atoms with Gasteiger partial charge in [0.25, 0.3) is 6.34 Å². The Bertz CT molecular complexity index is 1060. The first-order valence-corrected chi connectivity index (χ1v) is 11.1. The Morgan fingerprint density at radius 2 is 1.42 bits per heavy atom. The fourth-order valence-electron chi connectivity index (χ4n) is 5.49. The van der Waals surface area contributed by atoms with Gasteiger partial charge in [-0.2, -0.15) is 0 Å². The van der Waals surface area contributed by atoms with Crippen molar-refractivity contribution in [3.63, 3.8) is 0 Å². The van der Waals surface area contributed by atoms with Crippen LogP contribution in [0.25, 0.3) is 0 Å². The van der Waals surface area contributed by atoms with E-state index in [-0.39, 0.29) is 12.2 Å². The first-order valence-electron chi connectivity index (χ1n) is 11.1. The van der Waals surface area contributed by atoms with E-state index < -0.39 is 5.60 Å². The van der Waals surface area contributed by atoms with Crippen molar-refractivity contribution in [2.45, 2.75) is 51.4 Å². The van der Waals surface area contributed by atoms with Gasteiger partial charge in [0.2, 0.25) is 0 Å². The van der Waals surface area contributed by atoms with Crippen molar-refractivity contribution >= 4 is 12.0 Å². The summed E-state index contributed by atoms with van der Waals surface area (Å²) in [7, 11) is 0. The van der Waals surface area contributed by atoms with Crippen molar-refractivity contribution in [1.29, 1.82) is 0 Å². The van der Waals surface area contributed by atoms with Crippen LogP contribution in [0.4, 0.5) is 5.69 Å². The lowest BCUT2D eigenvalue weighted by Gasteiger charge is -2.34. The third-order valence-electron chi connectivity index (χ3n) is 6.76. The molecule has 5 rings (SSSR count). The number of rotatable bonds is 4. The molecule has 2 N–H and O–H groups in total. The van der Waals surface area contributed by atoms with E-state index in [0.717, 1.165) is 24.0 Å². The molecule has 3 aromatic carbocycles. The number of hydrogen-bond acceptors (Lipinski definition) is 3. The Balaban J connectivity index is 1.59. The molecular weight excluding hydrogens is 382 g/mol. The summed E-state index contributed by atoms with van der Waals surface area (Å²) in [5.74, 6) is 0. The Hall–Kier alpha value is -2.95. The van der Waals surface area contributed by atoms with Gasteiger partial charge in [-0.1, -0.05) is 78.4 Å². The second-order valence-corrected chi connectivity index (χ2v) is 8.92. The van der Waals surface area contributed by atoms with E-state index >= 15 is 0 Å². The number of anilines is 1. The number of nitrogens with zero attached hydrogens (tertiary/aromatic N) is 2. The van der Waals surface area contributed by atoms with E-state index in [1.165, 1.54) is 22.4 Å². The maximum atomic E-state index is 12.3. The smallest absolute Gasteiger partial charge is 0.259 e. The number of aryl methyl sites for hydroxylation is 3. The summed E-state index contributed by atoms with van der Waals surface area (Å²) in [5, 5.41) is 14.4. The Labute approximate surface area is 184 Å². The molecule has 0 saturated carbocycles. The normalized spacial score (nSPS) is 20.6. The quantitative estimate of drug-likeness (QED) is 0.624. The molecule has 0 aliphatic carbocycles. The topological polar surface area (TPSA) is 38.5 Å². The average Bonchev–Trinajstić information content (AvgIpc) is 3.35. The van der Waals surface area contributed by atoms with Gasteiger partial charge in [0, 0.05) is 6.42 Å². The van der Waals surface area contributed by atoms with Gasteiger partial charge in [-0.3, -0.25) is 0 Å². The number of hydrazine groups is 1. The van der Waals surface area contributed by atoms with Gasteiger partial charge in [0.05, 0.1) is 0 Å². The molecular formula is C27H30N3O+. The highest BCUT2D eigenvalue weighted by molar-refractivity contribution is 5.80. The van der Waals surface area contributed by atoms with E-state index in [9.17, 15) is 5.11 Å². The monoisotopic (exact) mass is 412 g/mol. The van der Waals surface area contributed by atoms with Crippen LogP contribution in [-0.4, -0.2) is 28.2 Å². The summed E-state index contributed by atoms with van der Waals surface area (Å²) in [4.78, 5) is 0. The molecule has 1 saturated heterocycles. The van der Waals surface area contributed by atoms with E-state index in [1.807, 2.05) is 60.7 Å². The van der Waals surface area contributed by atoms with Crippen LogP contribution in [0.2, 0.25) is 0 Å². The largest absolute Gasteiger partial charge is 0.376 e. The zero-order valence-corrected chi connectivity index (χ0v) is 18.4. The zero-order valence-electron chi connectivity index (χ0n) is 18.4. The molecule has 158 valence electrons. The molecule has 0 amide bonds. The van der Waals surface area contributed by atoms with E-state index in [0.29, 0.717) is 0 Å². The molecule has 2 aliphatic rings.